The van der Waals surface area contributed by atoms with Crippen LogP contribution in [0.1, 0.15) is 12.8 Å². The smallest absolute Gasteiger partial charge is 0.238 e. The van der Waals surface area contributed by atoms with Gasteiger partial charge in [0.15, 0.2) is 0 Å². The third-order valence-corrected chi connectivity index (χ3v) is 3.04. The first-order valence-corrected chi connectivity index (χ1v) is 6.17. The first-order valence-electron chi connectivity index (χ1n) is 6.17. The van der Waals surface area contributed by atoms with E-state index in [9.17, 15) is 9.18 Å². The van der Waals surface area contributed by atoms with Crippen LogP contribution >= 0.6 is 12.4 Å². The molecule has 0 spiro atoms. The second-order valence-electron chi connectivity index (χ2n) is 4.69. The van der Waals surface area contributed by atoms with Crippen LogP contribution in [0.25, 0.3) is 0 Å². The van der Waals surface area contributed by atoms with Gasteiger partial charge in [-0.2, -0.15) is 0 Å². The van der Waals surface area contributed by atoms with Crippen LogP contribution in [0.4, 0.5) is 10.1 Å². The number of hydrogen-bond donors (Lipinski definition) is 2. The van der Waals surface area contributed by atoms with Crippen molar-refractivity contribution >= 4 is 24.0 Å². The van der Waals surface area contributed by atoms with Crippen molar-refractivity contribution in [1.82, 2.24) is 4.90 Å². The van der Waals surface area contributed by atoms with Crippen LogP contribution in [-0.4, -0.2) is 36.5 Å². The zero-order valence-electron chi connectivity index (χ0n) is 10.6. The molecule has 0 saturated carbocycles. The number of likely N-dealkylation sites (tertiary alicyclic amines) is 1. The van der Waals surface area contributed by atoms with Crippen LogP contribution in [0.5, 0.6) is 0 Å². The summed E-state index contributed by atoms with van der Waals surface area (Å²) in [5.41, 5.74) is 6.47. The molecule has 1 aliphatic heterocycles. The van der Waals surface area contributed by atoms with Crippen LogP contribution in [0, 0.1) is 5.82 Å². The van der Waals surface area contributed by atoms with Crippen LogP contribution < -0.4 is 11.1 Å². The summed E-state index contributed by atoms with van der Waals surface area (Å²) in [5, 5.41) is 2.74. The molecule has 1 unspecified atom stereocenters. The lowest BCUT2D eigenvalue weighted by Crippen LogP contribution is -2.45. The predicted molar refractivity (Wildman–Crippen MR) is 75.9 cm³/mol. The number of piperidine rings is 1. The van der Waals surface area contributed by atoms with Gasteiger partial charge in [-0.1, -0.05) is 0 Å². The van der Waals surface area contributed by atoms with Gasteiger partial charge in [-0.05, 0) is 43.7 Å². The number of amides is 1. The predicted octanol–water partition coefficient (Wildman–Crippen LogP) is 1.61. The number of nitrogens with zero attached hydrogens (tertiary/aromatic N) is 1. The van der Waals surface area contributed by atoms with Gasteiger partial charge in [0, 0.05) is 18.3 Å². The summed E-state index contributed by atoms with van der Waals surface area (Å²) in [5.74, 6) is -0.397. The Hall–Kier alpha value is -1.17. The molecule has 1 aromatic carbocycles. The molecule has 1 fully saturated rings. The van der Waals surface area contributed by atoms with E-state index in [1.165, 1.54) is 12.1 Å². The van der Waals surface area contributed by atoms with Crippen LogP contribution in [0.15, 0.2) is 24.3 Å². The number of rotatable bonds is 3. The van der Waals surface area contributed by atoms with E-state index in [1.54, 1.807) is 12.1 Å². The molecular weight excluding hydrogens is 269 g/mol. The van der Waals surface area contributed by atoms with E-state index >= 15 is 0 Å². The molecule has 1 aliphatic rings. The van der Waals surface area contributed by atoms with Gasteiger partial charge in [-0.25, -0.2) is 4.39 Å². The average Bonchev–Trinajstić information content (AvgIpc) is 2.32. The van der Waals surface area contributed by atoms with E-state index < -0.39 is 0 Å². The van der Waals surface area contributed by atoms with Gasteiger partial charge in [0.25, 0.3) is 0 Å². The Bertz CT molecular complexity index is 413. The number of carbonyl (C=O) groups is 1. The Kier molecular flexibility index (Phi) is 6.21. The molecule has 106 valence electrons. The highest BCUT2D eigenvalue weighted by Crippen LogP contribution is 2.10. The number of nitrogens with one attached hydrogen (secondary N) is 1. The fraction of sp³-hybridized carbons (Fsp3) is 0.462. The minimum Gasteiger partial charge on any atom is -0.327 e. The van der Waals surface area contributed by atoms with E-state index in [-0.39, 0.29) is 30.2 Å². The minimum absolute atomic E-state index is 0. The third-order valence-electron chi connectivity index (χ3n) is 3.04. The number of anilines is 1. The SMILES string of the molecule is Cl.NC1CCCN(CC(=O)Nc2ccc(F)cc2)C1. The zero-order valence-corrected chi connectivity index (χ0v) is 11.5. The van der Waals surface area contributed by atoms with Crippen molar-refractivity contribution in [2.45, 2.75) is 18.9 Å². The molecule has 1 aromatic rings. The Morgan fingerprint density at radius 3 is 2.74 bits per heavy atom. The monoisotopic (exact) mass is 287 g/mol. The maximum atomic E-state index is 12.7. The van der Waals surface area contributed by atoms with Crippen LogP contribution in [-0.2, 0) is 4.79 Å². The van der Waals surface area contributed by atoms with Crippen molar-refractivity contribution < 1.29 is 9.18 Å². The van der Waals surface area contributed by atoms with Crippen molar-refractivity contribution in [3.05, 3.63) is 30.1 Å². The standard InChI is InChI=1S/C13H18FN3O.ClH/c14-10-3-5-12(6-4-10)16-13(18)9-17-7-1-2-11(15)8-17;/h3-6,11H,1-2,7-9,15H2,(H,16,18);1H. The second-order valence-corrected chi connectivity index (χ2v) is 4.69. The maximum absolute atomic E-state index is 12.7. The fourth-order valence-electron chi connectivity index (χ4n) is 2.17. The largest absolute Gasteiger partial charge is 0.327 e. The third kappa shape index (κ3) is 5.14. The molecule has 1 amide bonds. The van der Waals surface area contributed by atoms with Gasteiger partial charge in [-0.3, -0.25) is 9.69 Å². The van der Waals surface area contributed by atoms with Gasteiger partial charge >= 0.3 is 0 Å². The molecule has 0 aromatic heterocycles. The summed E-state index contributed by atoms with van der Waals surface area (Å²) in [4.78, 5) is 13.8. The van der Waals surface area contributed by atoms with Crippen molar-refractivity contribution in [2.75, 3.05) is 25.0 Å². The average molecular weight is 288 g/mol. The zero-order chi connectivity index (χ0) is 13.0. The number of nitrogens with two attached hydrogens (primary N) is 1. The molecule has 0 bridgehead atoms. The van der Waals surface area contributed by atoms with E-state index in [0.717, 1.165) is 25.9 Å². The van der Waals surface area contributed by atoms with Gasteiger partial charge < -0.3 is 11.1 Å². The summed E-state index contributed by atoms with van der Waals surface area (Å²) >= 11 is 0. The lowest BCUT2D eigenvalue weighted by Gasteiger charge is -2.29. The van der Waals surface area contributed by atoms with E-state index in [2.05, 4.69) is 5.32 Å². The Labute approximate surface area is 118 Å². The second kappa shape index (κ2) is 7.43. The molecule has 0 aliphatic carbocycles. The molecule has 19 heavy (non-hydrogen) atoms. The normalized spacial score (nSPS) is 19.6. The molecule has 0 radical (unpaired) electrons. The van der Waals surface area contributed by atoms with Gasteiger partial charge in [0.1, 0.15) is 5.82 Å². The van der Waals surface area contributed by atoms with Crippen molar-refractivity contribution in [2.24, 2.45) is 5.73 Å². The fourth-order valence-corrected chi connectivity index (χ4v) is 2.17. The van der Waals surface area contributed by atoms with Crippen molar-refractivity contribution in [1.29, 1.82) is 0 Å². The molecule has 2 rings (SSSR count). The Morgan fingerprint density at radius 1 is 1.42 bits per heavy atom. The Morgan fingerprint density at radius 2 is 2.11 bits per heavy atom. The highest BCUT2D eigenvalue weighted by atomic mass is 35.5. The van der Waals surface area contributed by atoms with Crippen LogP contribution in [0.3, 0.4) is 0 Å². The highest BCUT2D eigenvalue weighted by Gasteiger charge is 2.18. The maximum Gasteiger partial charge on any atom is 0.238 e. The molecule has 3 N–H and O–H groups in total. The highest BCUT2D eigenvalue weighted by molar-refractivity contribution is 5.92. The number of benzene rings is 1. The summed E-state index contributed by atoms with van der Waals surface area (Å²) in [6, 6.07) is 5.92. The van der Waals surface area contributed by atoms with E-state index in [4.69, 9.17) is 5.73 Å². The van der Waals surface area contributed by atoms with E-state index in [0.29, 0.717) is 12.2 Å². The van der Waals surface area contributed by atoms with Gasteiger partial charge in [-0.15, -0.1) is 12.4 Å². The lowest BCUT2D eigenvalue weighted by atomic mass is 10.1. The molecule has 1 saturated heterocycles. The van der Waals surface area contributed by atoms with Crippen molar-refractivity contribution in [3.63, 3.8) is 0 Å². The Balaban J connectivity index is 0.00000180. The summed E-state index contributed by atoms with van der Waals surface area (Å²) in [6.07, 6.45) is 2.06. The van der Waals surface area contributed by atoms with Crippen molar-refractivity contribution in [3.8, 4) is 0 Å². The molecule has 4 nitrogen and oxygen atoms in total. The minimum atomic E-state index is -0.310. The molecule has 6 heteroatoms. The molecule has 1 heterocycles. The summed E-state index contributed by atoms with van der Waals surface area (Å²) in [6.45, 7) is 2.01. The number of hydrogen-bond acceptors (Lipinski definition) is 3. The van der Waals surface area contributed by atoms with Gasteiger partial charge in [0.05, 0.1) is 6.54 Å². The van der Waals surface area contributed by atoms with E-state index in [1.807, 2.05) is 4.90 Å². The quantitative estimate of drug-likeness (QED) is 0.888. The number of halogens is 2. The number of carbonyl (C=O) groups excluding carboxylic acids is 1. The summed E-state index contributed by atoms with van der Waals surface area (Å²) in [7, 11) is 0. The van der Waals surface area contributed by atoms with Gasteiger partial charge in [0.2, 0.25) is 5.91 Å². The first-order chi connectivity index (χ1) is 8.63. The molecular formula is C13H19ClFN3O. The first kappa shape index (κ1) is 15.9. The van der Waals surface area contributed by atoms with Crippen LogP contribution in [0.2, 0.25) is 0 Å². The summed E-state index contributed by atoms with van der Waals surface area (Å²) < 4.78 is 12.7. The lowest BCUT2D eigenvalue weighted by molar-refractivity contribution is -0.117. The topological polar surface area (TPSA) is 58.4 Å². The molecule has 1 atom stereocenters.